The monoisotopic (exact) mass is 631 g/mol. The molecule has 43 heavy (non-hydrogen) atoms. The highest BCUT2D eigenvalue weighted by Crippen LogP contribution is 2.43. The molecule has 0 heterocycles. The number of ether oxygens (including phenoxy) is 2. The fraction of sp³-hybridized carbons (Fsp3) is 0.853. The van der Waals surface area contributed by atoms with Gasteiger partial charge < -0.3 is 20.1 Å². The number of nitrogens with two attached hydrogens (primary N) is 1. The number of esters is 1. The van der Waals surface area contributed by atoms with E-state index in [1.165, 1.54) is 77.0 Å². The lowest BCUT2D eigenvalue weighted by molar-refractivity contribution is -0.154. The zero-order valence-corrected chi connectivity index (χ0v) is 28.6. The summed E-state index contributed by atoms with van der Waals surface area (Å²) in [5.41, 5.74) is 5.33. The zero-order chi connectivity index (χ0) is 31.7. The first-order chi connectivity index (χ1) is 20.9. The van der Waals surface area contributed by atoms with Crippen molar-refractivity contribution in [2.75, 3.05) is 33.0 Å². The van der Waals surface area contributed by atoms with E-state index >= 15 is 0 Å². The standard InChI is InChI=1S/C34H66NO7P/c1-3-5-7-9-11-13-15-16-17-18-20-22-24-26-29-39-31-33(32-41-43(37,38)40-30-28-35)42-34(36)27-25-23-21-19-14-12-10-8-6-4-2/h8,10,13,15,33H,3-7,9,11-12,14,16-32,35H2,1-2H3,(H,37,38)/b10-8-,15-13-. The van der Waals surface area contributed by atoms with Crippen LogP contribution in [-0.4, -0.2) is 49.9 Å². The molecule has 0 aromatic rings. The van der Waals surface area contributed by atoms with Gasteiger partial charge in [-0.15, -0.1) is 0 Å². The van der Waals surface area contributed by atoms with Crippen LogP contribution in [-0.2, 0) is 27.9 Å². The van der Waals surface area contributed by atoms with Gasteiger partial charge in [0.1, 0.15) is 6.10 Å². The van der Waals surface area contributed by atoms with Gasteiger partial charge in [-0.3, -0.25) is 13.8 Å². The molecule has 0 aromatic heterocycles. The largest absolute Gasteiger partial charge is 0.472 e. The van der Waals surface area contributed by atoms with Crippen molar-refractivity contribution in [2.45, 2.75) is 155 Å². The highest BCUT2D eigenvalue weighted by atomic mass is 31.2. The molecule has 8 nitrogen and oxygen atoms in total. The first-order valence-electron chi connectivity index (χ1n) is 17.3. The lowest BCUT2D eigenvalue weighted by Crippen LogP contribution is -2.28. The van der Waals surface area contributed by atoms with Crippen LogP contribution in [0.25, 0.3) is 0 Å². The Kier molecular flexibility index (Phi) is 31.6. The Labute approximate surface area is 264 Å². The fourth-order valence-corrected chi connectivity index (χ4v) is 5.29. The van der Waals surface area contributed by atoms with Crippen molar-refractivity contribution >= 4 is 13.8 Å². The van der Waals surface area contributed by atoms with Gasteiger partial charge in [0, 0.05) is 19.6 Å². The maximum absolute atomic E-state index is 12.4. The number of hydrogen-bond donors (Lipinski definition) is 2. The summed E-state index contributed by atoms with van der Waals surface area (Å²) in [7, 11) is -4.26. The Hall–Kier alpha value is -1.02. The molecular weight excluding hydrogens is 565 g/mol. The minimum Gasteiger partial charge on any atom is -0.457 e. The van der Waals surface area contributed by atoms with Crippen LogP contribution >= 0.6 is 7.82 Å². The van der Waals surface area contributed by atoms with Gasteiger partial charge in [-0.05, 0) is 57.8 Å². The molecule has 9 heteroatoms. The molecule has 254 valence electrons. The number of rotatable bonds is 33. The number of allylic oxidation sites excluding steroid dienone is 4. The second-order valence-electron chi connectivity index (χ2n) is 11.4. The number of carbonyl (C=O) groups excluding carboxylic acids is 1. The Morgan fingerprint density at radius 3 is 1.79 bits per heavy atom. The lowest BCUT2D eigenvalue weighted by atomic mass is 10.1. The van der Waals surface area contributed by atoms with Crippen LogP contribution in [0.2, 0.25) is 0 Å². The molecule has 0 aliphatic carbocycles. The molecule has 0 rings (SSSR count). The minimum absolute atomic E-state index is 0.0976. The third-order valence-corrected chi connectivity index (χ3v) is 8.06. The molecule has 2 unspecified atom stereocenters. The zero-order valence-electron chi connectivity index (χ0n) is 27.7. The fourth-order valence-electron chi connectivity index (χ4n) is 4.52. The van der Waals surface area contributed by atoms with E-state index in [1.54, 1.807) is 0 Å². The first kappa shape index (κ1) is 42.0. The molecule has 0 radical (unpaired) electrons. The van der Waals surface area contributed by atoms with Gasteiger partial charge in [-0.2, -0.15) is 0 Å². The van der Waals surface area contributed by atoms with Crippen LogP contribution in [0.15, 0.2) is 24.3 Å². The molecule has 0 saturated heterocycles. The van der Waals surface area contributed by atoms with Crippen molar-refractivity contribution in [3.63, 3.8) is 0 Å². The molecule has 0 aliphatic rings. The Morgan fingerprint density at radius 2 is 1.21 bits per heavy atom. The summed E-state index contributed by atoms with van der Waals surface area (Å²) in [6.07, 6.45) is 31.9. The third kappa shape index (κ3) is 32.2. The highest BCUT2D eigenvalue weighted by Gasteiger charge is 2.25. The molecule has 0 saturated carbocycles. The van der Waals surface area contributed by atoms with E-state index in [1.807, 2.05) is 0 Å². The SMILES string of the molecule is CCC/C=C\CCCCCCCC(=O)OC(COCCCCCCCC/C=C\CCCCCC)COP(=O)(O)OCCN. The van der Waals surface area contributed by atoms with E-state index in [0.717, 1.165) is 51.4 Å². The molecule has 0 bridgehead atoms. The van der Waals surface area contributed by atoms with Crippen LogP contribution in [0.4, 0.5) is 0 Å². The van der Waals surface area contributed by atoms with Crippen molar-refractivity contribution in [2.24, 2.45) is 5.73 Å². The van der Waals surface area contributed by atoms with Crippen molar-refractivity contribution in [1.82, 2.24) is 0 Å². The summed E-state index contributed by atoms with van der Waals surface area (Å²) in [6.45, 7) is 4.81. The lowest BCUT2D eigenvalue weighted by Gasteiger charge is -2.20. The molecule has 0 amide bonds. The van der Waals surface area contributed by atoms with E-state index in [-0.39, 0.29) is 32.3 Å². The average molecular weight is 632 g/mol. The van der Waals surface area contributed by atoms with Crippen LogP contribution < -0.4 is 5.73 Å². The number of phosphoric ester groups is 1. The van der Waals surface area contributed by atoms with Gasteiger partial charge in [0.25, 0.3) is 0 Å². The Morgan fingerprint density at radius 1 is 0.674 bits per heavy atom. The maximum atomic E-state index is 12.4. The van der Waals surface area contributed by atoms with Crippen molar-refractivity contribution < 1.29 is 32.8 Å². The minimum atomic E-state index is -4.26. The quantitative estimate of drug-likeness (QED) is 0.0318. The Bertz CT molecular complexity index is 717. The summed E-state index contributed by atoms with van der Waals surface area (Å²) >= 11 is 0. The summed E-state index contributed by atoms with van der Waals surface area (Å²) in [4.78, 5) is 22.2. The number of phosphoric acid groups is 1. The van der Waals surface area contributed by atoms with E-state index in [0.29, 0.717) is 13.0 Å². The molecule has 0 spiro atoms. The van der Waals surface area contributed by atoms with Crippen LogP contribution in [0.5, 0.6) is 0 Å². The second kappa shape index (κ2) is 32.4. The van der Waals surface area contributed by atoms with Crippen molar-refractivity contribution in [3.05, 3.63) is 24.3 Å². The van der Waals surface area contributed by atoms with E-state index in [9.17, 15) is 14.3 Å². The molecule has 0 aromatic carbocycles. The predicted molar refractivity (Wildman–Crippen MR) is 178 cm³/mol. The molecule has 2 atom stereocenters. The predicted octanol–water partition coefficient (Wildman–Crippen LogP) is 9.35. The summed E-state index contributed by atoms with van der Waals surface area (Å²) in [5, 5.41) is 0. The highest BCUT2D eigenvalue weighted by molar-refractivity contribution is 7.47. The van der Waals surface area contributed by atoms with Crippen LogP contribution in [0.1, 0.15) is 149 Å². The second-order valence-corrected chi connectivity index (χ2v) is 12.8. The topological polar surface area (TPSA) is 117 Å². The van der Waals surface area contributed by atoms with E-state index in [2.05, 4.69) is 38.2 Å². The molecule has 0 fully saturated rings. The van der Waals surface area contributed by atoms with E-state index in [4.69, 9.17) is 24.3 Å². The molecule has 0 aliphatic heterocycles. The average Bonchev–Trinajstić information content (AvgIpc) is 2.99. The summed E-state index contributed by atoms with van der Waals surface area (Å²) in [6, 6.07) is 0. The number of unbranched alkanes of at least 4 members (excludes halogenated alkanes) is 16. The van der Waals surface area contributed by atoms with Crippen LogP contribution in [0.3, 0.4) is 0 Å². The van der Waals surface area contributed by atoms with Crippen LogP contribution in [0, 0.1) is 0 Å². The van der Waals surface area contributed by atoms with Gasteiger partial charge in [-0.1, -0.05) is 109 Å². The maximum Gasteiger partial charge on any atom is 0.472 e. The van der Waals surface area contributed by atoms with Crippen molar-refractivity contribution in [3.8, 4) is 0 Å². The first-order valence-corrected chi connectivity index (χ1v) is 18.8. The van der Waals surface area contributed by atoms with Gasteiger partial charge in [0.05, 0.1) is 19.8 Å². The van der Waals surface area contributed by atoms with E-state index < -0.39 is 13.9 Å². The van der Waals surface area contributed by atoms with Crippen molar-refractivity contribution in [1.29, 1.82) is 0 Å². The molecule has 3 N–H and O–H groups in total. The van der Waals surface area contributed by atoms with Gasteiger partial charge >= 0.3 is 13.8 Å². The summed E-state index contributed by atoms with van der Waals surface area (Å²) in [5.74, 6) is -0.346. The third-order valence-electron chi connectivity index (χ3n) is 7.07. The number of carbonyl (C=O) groups is 1. The van der Waals surface area contributed by atoms with Gasteiger partial charge in [0.2, 0.25) is 0 Å². The summed E-state index contributed by atoms with van der Waals surface area (Å²) < 4.78 is 33.1. The molecular formula is C34H66NO7P. The van der Waals surface area contributed by atoms with Gasteiger partial charge in [-0.25, -0.2) is 4.57 Å². The Balaban J connectivity index is 4.13. The van der Waals surface area contributed by atoms with Gasteiger partial charge in [0.15, 0.2) is 0 Å². The normalized spacial score (nSPS) is 14.0. The number of hydrogen-bond acceptors (Lipinski definition) is 7. The smallest absolute Gasteiger partial charge is 0.457 e.